The monoisotopic (exact) mass is 342 g/mol. The molecule has 1 atom stereocenters. The summed E-state index contributed by atoms with van der Waals surface area (Å²) in [5.41, 5.74) is 2.23. The summed E-state index contributed by atoms with van der Waals surface area (Å²) < 4.78 is 10.4. The highest BCUT2D eigenvalue weighted by molar-refractivity contribution is 6.05. The molecule has 0 saturated carbocycles. The lowest BCUT2D eigenvalue weighted by molar-refractivity contribution is 0.102. The van der Waals surface area contributed by atoms with E-state index in [9.17, 15) is 9.59 Å². The number of pyridine rings is 1. The van der Waals surface area contributed by atoms with Gasteiger partial charge in [0.25, 0.3) is 11.5 Å². The molecule has 0 spiro atoms. The van der Waals surface area contributed by atoms with E-state index < -0.39 is 5.91 Å². The zero-order valence-electron chi connectivity index (χ0n) is 14.6. The van der Waals surface area contributed by atoms with Crippen LogP contribution in [0.3, 0.4) is 0 Å². The van der Waals surface area contributed by atoms with Gasteiger partial charge in [-0.25, -0.2) is 0 Å². The van der Waals surface area contributed by atoms with Crippen LogP contribution in [0.1, 0.15) is 35.0 Å². The lowest BCUT2D eigenvalue weighted by Crippen LogP contribution is -2.27. The molecule has 0 saturated heterocycles. The molecule has 0 radical (unpaired) electrons. The van der Waals surface area contributed by atoms with Gasteiger partial charge >= 0.3 is 0 Å². The third-order valence-corrected chi connectivity index (χ3v) is 4.57. The number of aryl methyl sites for hydroxylation is 1. The first-order valence-corrected chi connectivity index (χ1v) is 8.30. The molecular formula is C19H22N2O4. The number of H-pyrrole nitrogens is 1. The molecule has 0 aliphatic heterocycles. The number of hydrogen-bond acceptors (Lipinski definition) is 4. The predicted molar refractivity (Wildman–Crippen MR) is 95.8 cm³/mol. The molecule has 1 aromatic heterocycles. The van der Waals surface area contributed by atoms with E-state index in [0.29, 0.717) is 23.1 Å². The molecule has 0 bridgehead atoms. The SMILES string of the molecule is COc1ccc(NC(=O)c2cc3c([nH]c2=O)CC[C@@H](C)C3)c(OC)c1. The van der Waals surface area contributed by atoms with E-state index >= 15 is 0 Å². The van der Waals surface area contributed by atoms with Crippen LogP contribution in [0.15, 0.2) is 29.1 Å². The lowest BCUT2D eigenvalue weighted by Gasteiger charge is -2.21. The van der Waals surface area contributed by atoms with Crippen LogP contribution in [0.2, 0.25) is 0 Å². The van der Waals surface area contributed by atoms with Gasteiger partial charge < -0.3 is 19.8 Å². The third kappa shape index (κ3) is 3.52. The summed E-state index contributed by atoms with van der Waals surface area (Å²) in [5.74, 6) is 1.19. The molecule has 1 aliphatic carbocycles. The number of fused-ring (bicyclic) bond motifs is 1. The van der Waals surface area contributed by atoms with Crippen LogP contribution in [0, 0.1) is 5.92 Å². The minimum absolute atomic E-state index is 0.116. The standard InChI is InChI=1S/C19H22N2O4/c1-11-4-6-15-12(8-11)9-14(18(22)20-15)19(23)21-16-7-5-13(24-2)10-17(16)25-3/h5,7,9-11H,4,6,8H2,1-3H3,(H,20,22)(H,21,23)/t11-/m1/s1. The number of hydrogen-bond donors (Lipinski definition) is 2. The number of aromatic nitrogens is 1. The first-order valence-electron chi connectivity index (χ1n) is 8.30. The third-order valence-electron chi connectivity index (χ3n) is 4.57. The number of benzene rings is 1. The van der Waals surface area contributed by atoms with E-state index in [2.05, 4.69) is 17.2 Å². The van der Waals surface area contributed by atoms with Gasteiger partial charge in [0.2, 0.25) is 0 Å². The first-order chi connectivity index (χ1) is 12.0. The van der Waals surface area contributed by atoms with Crippen molar-refractivity contribution in [2.45, 2.75) is 26.2 Å². The Morgan fingerprint density at radius 2 is 2.04 bits per heavy atom. The summed E-state index contributed by atoms with van der Waals surface area (Å²) >= 11 is 0. The van der Waals surface area contributed by atoms with Gasteiger partial charge in [-0.2, -0.15) is 0 Å². The molecule has 0 fully saturated rings. The number of aromatic amines is 1. The molecule has 1 aliphatic rings. The number of nitrogens with one attached hydrogen (secondary N) is 2. The molecule has 25 heavy (non-hydrogen) atoms. The summed E-state index contributed by atoms with van der Waals surface area (Å²) in [6, 6.07) is 6.80. The Bertz CT molecular complexity index is 857. The van der Waals surface area contributed by atoms with Crippen LogP contribution in [0.25, 0.3) is 0 Å². The molecule has 2 N–H and O–H groups in total. The Morgan fingerprint density at radius 1 is 1.24 bits per heavy atom. The fraction of sp³-hybridized carbons (Fsp3) is 0.368. The molecular weight excluding hydrogens is 320 g/mol. The topological polar surface area (TPSA) is 80.4 Å². The van der Waals surface area contributed by atoms with Gasteiger partial charge in [0.05, 0.1) is 19.9 Å². The van der Waals surface area contributed by atoms with Crippen molar-refractivity contribution in [1.82, 2.24) is 4.98 Å². The highest BCUT2D eigenvalue weighted by Crippen LogP contribution is 2.29. The van der Waals surface area contributed by atoms with Crippen molar-refractivity contribution < 1.29 is 14.3 Å². The van der Waals surface area contributed by atoms with Gasteiger partial charge in [-0.15, -0.1) is 0 Å². The van der Waals surface area contributed by atoms with Crippen molar-refractivity contribution in [3.63, 3.8) is 0 Å². The molecule has 6 heteroatoms. The number of ether oxygens (including phenoxy) is 2. The average Bonchev–Trinajstić information content (AvgIpc) is 2.61. The van der Waals surface area contributed by atoms with Crippen molar-refractivity contribution in [1.29, 1.82) is 0 Å². The Balaban J connectivity index is 1.89. The molecule has 3 rings (SSSR count). The van der Waals surface area contributed by atoms with E-state index in [1.807, 2.05) is 0 Å². The quantitative estimate of drug-likeness (QED) is 0.895. The summed E-state index contributed by atoms with van der Waals surface area (Å²) in [6.07, 6.45) is 2.77. The van der Waals surface area contributed by atoms with Crippen LogP contribution < -0.4 is 20.3 Å². The normalized spacial score (nSPS) is 16.0. The Kier molecular flexibility index (Phi) is 4.79. The zero-order chi connectivity index (χ0) is 18.0. The van der Waals surface area contributed by atoms with Gasteiger partial charge in [0.15, 0.2) is 0 Å². The number of amides is 1. The highest BCUT2D eigenvalue weighted by atomic mass is 16.5. The molecule has 6 nitrogen and oxygen atoms in total. The summed E-state index contributed by atoms with van der Waals surface area (Å²) in [6.45, 7) is 2.18. The number of methoxy groups -OCH3 is 2. The van der Waals surface area contributed by atoms with Crippen molar-refractivity contribution in [3.05, 3.63) is 51.4 Å². The molecule has 1 heterocycles. The number of anilines is 1. The largest absolute Gasteiger partial charge is 0.497 e. The maximum absolute atomic E-state index is 12.6. The average molecular weight is 342 g/mol. The van der Waals surface area contributed by atoms with Crippen LogP contribution in [-0.4, -0.2) is 25.1 Å². The summed E-state index contributed by atoms with van der Waals surface area (Å²) in [4.78, 5) is 27.8. The number of rotatable bonds is 4. The van der Waals surface area contributed by atoms with Crippen molar-refractivity contribution in [3.8, 4) is 11.5 Å². The van der Waals surface area contributed by atoms with E-state index in [0.717, 1.165) is 30.5 Å². The lowest BCUT2D eigenvalue weighted by atomic mass is 9.87. The van der Waals surface area contributed by atoms with Crippen LogP contribution in [0.4, 0.5) is 5.69 Å². The maximum atomic E-state index is 12.6. The van der Waals surface area contributed by atoms with E-state index in [-0.39, 0.29) is 11.1 Å². The van der Waals surface area contributed by atoms with Gasteiger partial charge in [-0.05, 0) is 48.9 Å². The van der Waals surface area contributed by atoms with Crippen LogP contribution >= 0.6 is 0 Å². The number of carbonyl (C=O) groups excluding carboxylic acids is 1. The van der Waals surface area contributed by atoms with Crippen molar-refractivity contribution in [2.24, 2.45) is 5.92 Å². The molecule has 132 valence electrons. The van der Waals surface area contributed by atoms with Crippen LogP contribution in [0.5, 0.6) is 11.5 Å². The first kappa shape index (κ1) is 17.1. The Morgan fingerprint density at radius 3 is 2.76 bits per heavy atom. The highest BCUT2D eigenvalue weighted by Gasteiger charge is 2.20. The predicted octanol–water partition coefficient (Wildman–Crippen LogP) is 2.77. The molecule has 0 unspecified atom stereocenters. The van der Waals surface area contributed by atoms with Crippen molar-refractivity contribution >= 4 is 11.6 Å². The van der Waals surface area contributed by atoms with Gasteiger partial charge in [0, 0.05) is 11.8 Å². The fourth-order valence-corrected chi connectivity index (χ4v) is 3.15. The molecule has 1 amide bonds. The van der Waals surface area contributed by atoms with Crippen molar-refractivity contribution in [2.75, 3.05) is 19.5 Å². The van der Waals surface area contributed by atoms with E-state index in [4.69, 9.17) is 9.47 Å². The van der Waals surface area contributed by atoms with E-state index in [1.54, 1.807) is 31.4 Å². The van der Waals surface area contributed by atoms with Gasteiger partial charge in [0.1, 0.15) is 17.1 Å². The second-order valence-electron chi connectivity index (χ2n) is 6.38. The Hall–Kier alpha value is -2.76. The minimum Gasteiger partial charge on any atom is -0.497 e. The fourth-order valence-electron chi connectivity index (χ4n) is 3.15. The zero-order valence-corrected chi connectivity index (χ0v) is 14.6. The van der Waals surface area contributed by atoms with Gasteiger partial charge in [-0.3, -0.25) is 9.59 Å². The summed E-state index contributed by atoms with van der Waals surface area (Å²) in [7, 11) is 3.07. The van der Waals surface area contributed by atoms with E-state index in [1.165, 1.54) is 7.11 Å². The Labute approximate surface area is 146 Å². The van der Waals surface area contributed by atoms with Gasteiger partial charge in [-0.1, -0.05) is 6.92 Å². The summed E-state index contributed by atoms with van der Waals surface area (Å²) in [5, 5.41) is 2.75. The maximum Gasteiger partial charge on any atom is 0.261 e. The minimum atomic E-state index is -0.453. The molecule has 2 aromatic rings. The van der Waals surface area contributed by atoms with Crippen LogP contribution in [-0.2, 0) is 12.8 Å². The smallest absolute Gasteiger partial charge is 0.261 e. The second-order valence-corrected chi connectivity index (χ2v) is 6.38. The number of carbonyl (C=O) groups is 1. The molecule has 1 aromatic carbocycles. The second kappa shape index (κ2) is 7.01.